The maximum atomic E-state index is 12.7. The first-order valence-electron chi connectivity index (χ1n) is 9.90. The van der Waals surface area contributed by atoms with Crippen molar-refractivity contribution in [2.75, 3.05) is 32.1 Å². The number of ether oxygens (including phenoxy) is 1. The van der Waals surface area contributed by atoms with Gasteiger partial charge in [0.05, 0.1) is 29.5 Å². The average molecular weight is 456 g/mol. The molecule has 0 amide bonds. The number of thioether (sulfide) groups is 1. The van der Waals surface area contributed by atoms with Crippen molar-refractivity contribution in [1.29, 1.82) is 0 Å². The van der Waals surface area contributed by atoms with Crippen LogP contribution in [0.2, 0.25) is 0 Å². The minimum absolute atomic E-state index is 0.266. The van der Waals surface area contributed by atoms with Gasteiger partial charge in [-0.25, -0.2) is 13.4 Å². The van der Waals surface area contributed by atoms with Crippen LogP contribution in [0.3, 0.4) is 0 Å². The molecular formula is C21H21N5O3S2. The van der Waals surface area contributed by atoms with E-state index < -0.39 is 10.0 Å². The second kappa shape index (κ2) is 8.46. The molecule has 3 aromatic rings. The Kier molecular flexibility index (Phi) is 5.53. The lowest BCUT2D eigenvalue weighted by molar-refractivity contribution is 0.0730. The molecule has 2 aliphatic heterocycles. The predicted molar refractivity (Wildman–Crippen MR) is 124 cm³/mol. The van der Waals surface area contributed by atoms with Crippen LogP contribution in [0.15, 0.2) is 69.7 Å². The number of nitrogens with zero attached hydrogens (tertiary/aromatic N) is 3. The molecule has 3 heterocycles. The SMILES string of the molecule is O=S(=O)(c1ccc(N=C2NN=C(c3c[nH]c4ccccc34)CS2)cc1)N1CCOCC1. The number of aliphatic imine (C=N–C) groups is 1. The topological polar surface area (TPSA) is 99.2 Å². The summed E-state index contributed by atoms with van der Waals surface area (Å²) in [6, 6.07) is 14.7. The highest BCUT2D eigenvalue weighted by atomic mass is 32.2. The van der Waals surface area contributed by atoms with Gasteiger partial charge in [-0.2, -0.15) is 9.41 Å². The molecule has 0 radical (unpaired) electrons. The standard InChI is InChI=1S/C21H21N5O3S2/c27-31(28,26-9-11-29-12-10-26)16-7-5-15(6-8-16)23-21-25-24-20(14-30-21)18-13-22-19-4-2-1-3-17(18)19/h1-8,13,22H,9-12,14H2,(H,23,25). The van der Waals surface area contributed by atoms with E-state index in [1.165, 1.54) is 4.31 Å². The first-order valence-corrected chi connectivity index (χ1v) is 12.3. The van der Waals surface area contributed by atoms with Crippen molar-refractivity contribution in [3.63, 3.8) is 0 Å². The lowest BCUT2D eigenvalue weighted by Crippen LogP contribution is -2.40. The molecular weight excluding hydrogens is 434 g/mol. The van der Waals surface area contributed by atoms with Gasteiger partial charge in [0.15, 0.2) is 5.17 Å². The molecule has 10 heteroatoms. The van der Waals surface area contributed by atoms with Crippen molar-refractivity contribution in [1.82, 2.24) is 14.7 Å². The highest BCUT2D eigenvalue weighted by molar-refractivity contribution is 8.14. The average Bonchev–Trinajstić information content (AvgIpc) is 3.25. The number of sulfonamides is 1. The zero-order chi connectivity index (χ0) is 21.3. The van der Waals surface area contributed by atoms with Crippen molar-refractivity contribution >= 4 is 49.3 Å². The molecule has 1 fully saturated rings. The molecule has 2 N–H and O–H groups in total. The van der Waals surface area contributed by atoms with E-state index in [1.54, 1.807) is 36.0 Å². The molecule has 0 unspecified atom stereocenters. The first-order chi connectivity index (χ1) is 15.1. The van der Waals surface area contributed by atoms with Crippen LogP contribution < -0.4 is 5.43 Å². The van der Waals surface area contributed by atoms with Crippen LogP contribution in [0.25, 0.3) is 10.9 Å². The Morgan fingerprint density at radius 2 is 1.84 bits per heavy atom. The lowest BCUT2D eigenvalue weighted by atomic mass is 10.1. The summed E-state index contributed by atoms with van der Waals surface area (Å²) < 4.78 is 32.2. The Morgan fingerprint density at radius 3 is 2.58 bits per heavy atom. The summed E-state index contributed by atoms with van der Waals surface area (Å²) in [6.45, 7) is 1.61. The van der Waals surface area contributed by atoms with Crippen LogP contribution >= 0.6 is 11.8 Å². The molecule has 2 aromatic carbocycles. The normalized spacial score (nSPS) is 19.4. The van der Waals surface area contributed by atoms with Crippen LogP contribution in [0.1, 0.15) is 5.56 Å². The van der Waals surface area contributed by atoms with Gasteiger partial charge in [0, 0.05) is 41.5 Å². The number of benzene rings is 2. The minimum Gasteiger partial charge on any atom is -0.379 e. The van der Waals surface area contributed by atoms with Crippen molar-refractivity contribution in [3.05, 3.63) is 60.3 Å². The number of morpholine rings is 1. The van der Waals surface area contributed by atoms with E-state index in [9.17, 15) is 8.42 Å². The Hall–Kier alpha value is -2.66. The number of hydrogen-bond donors (Lipinski definition) is 2. The number of H-pyrrole nitrogens is 1. The van der Waals surface area contributed by atoms with Gasteiger partial charge in [-0.3, -0.25) is 5.43 Å². The van der Waals surface area contributed by atoms with Crippen molar-refractivity contribution in [2.45, 2.75) is 4.90 Å². The van der Waals surface area contributed by atoms with Crippen LogP contribution in [0.5, 0.6) is 0 Å². The third-order valence-corrected chi connectivity index (χ3v) is 7.99. The maximum Gasteiger partial charge on any atom is 0.243 e. The number of nitrogens with one attached hydrogen (secondary N) is 2. The summed E-state index contributed by atoms with van der Waals surface area (Å²) in [7, 11) is -3.50. The van der Waals surface area contributed by atoms with Crippen molar-refractivity contribution < 1.29 is 13.2 Å². The number of hydrazone groups is 1. The zero-order valence-electron chi connectivity index (χ0n) is 16.6. The van der Waals surface area contributed by atoms with E-state index in [4.69, 9.17) is 4.74 Å². The zero-order valence-corrected chi connectivity index (χ0v) is 18.2. The number of rotatable bonds is 4. The van der Waals surface area contributed by atoms with E-state index in [0.717, 1.165) is 22.2 Å². The fourth-order valence-corrected chi connectivity index (χ4v) is 5.75. The lowest BCUT2D eigenvalue weighted by Gasteiger charge is -2.26. The molecule has 160 valence electrons. The van der Waals surface area contributed by atoms with Crippen molar-refractivity contribution in [3.8, 4) is 0 Å². The van der Waals surface area contributed by atoms with Gasteiger partial charge in [-0.1, -0.05) is 30.0 Å². The molecule has 0 saturated carbocycles. The van der Waals surface area contributed by atoms with E-state index in [1.807, 2.05) is 24.4 Å². The molecule has 0 spiro atoms. The van der Waals surface area contributed by atoms with Gasteiger partial charge in [0.25, 0.3) is 0 Å². The van der Waals surface area contributed by atoms with E-state index >= 15 is 0 Å². The number of fused-ring (bicyclic) bond motifs is 1. The first kappa shape index (κ1) is 20.3. The second-order valence-corrected chi connectivity index (χ2v) is 10.0. The van der Waals surface area contributed by atoms with Gasteiger partial charge in [0.1, 0.15) is 0 Å². The molecule has 5 rings (SSSR count). The van der Waals surface area contributed by atoms with Crippen LogP contribution in [-0.4, -0.2) is 60.6 Å². The smallest absolute Gasteiger partial charge is 0.243 e. The molecule has 0 bridgehead atoms. The molecule has 0 atom stereocenters. The molecule has 2 aliphatic rings. The fraction of sp³-hybridized carbons (Fsp3) is 0.238. The third kappa shape index (κ3) is 4.11. The summed E-state index contributed by atoms with van der Waals surface area (Å²) in [4.78, 5) is 8.09. The Labute approximate surface area is 184 Å². The Morgan fingerprint density at radius 1 is 1.06 bits per heavy atom. The monoisotopic (exact) mass is 455 g/mol. The summed E-state index contributed by atoms with van der Waals surface area (Å²) in [6.07, 6.45) is 1.97. The highest BCUT2D eigenvalue weighted by Crippen LogP contribution is 2.25. The fourth-order valence-electron chi connectivity index (χ4n) is 3.57. The van der Waals surface area contributed by atoms with Crippen LogP contribution in [0.4, 0.5) is 5.69 Å². The number of amidine groups is 1. The predicted octanol–water partition coefficient (Wildman–Crippen LogP) is 2.92. The molecule has 31 heavy (non-hydrogen) atoms. The van der Waals surface area contributed by atoms with E-state index in [-0.39, 0.29) is 4.90 Å². The summed E-state index contributed by atoms with van der Waals surface area (Å²) in [5.41, 5.74) is 6.79. The van der Waals surface area contributed by atoms with Crippen LogP contribution in [-0.2, 0) is 14.8 Å². The summed E-state index contributed by atoms with van der Waals surface area (Å²) in [5, 5.41) is 6.31. The van der Waals surface area contributed by atoms with Gasteiger partial charge >= 0.3 is 0 Å². The summed E-state index contributed by atoms with van der Waals surface area (Å²) >= 11 is 1.56. The Balaban J connectivity index is 1.30. The molecule has 8 nitrogen and oxygen atoms in total. The maximum absolute atomic E-state index is 12.7. The van der Waals surface area contributed by atoms with Crippen molar-refractivity contribution in [2.24, 2.45) is 10.1 Å². The number of para-hydroxylation sites is 1. The van der Waals surface area contributed by atoms with Gasteiger partial charge < -0.3 is 9.72 Å². The van der Waals surface area contributed by atoms with Gasteiger partial charge in [0.2, 0.25) is 10.0 Å². The Bertz CT molecular complexity index is 1260. The quantitative estimate of drug-likeness (QED) is 0.630. The molecule has 1 aromatic heterocycles. The third-order valence-electron chi connectivity index (χ3n) is 5.21. The number of aromatic amines is 1. The van der Waals surface area contributed by atoms with E-state index in [0.29, 0.717) is 42.9 Å². The number of aromatic nitrogens is 1. The molecule has 1 saturated heterocycles. The minimum atomic E-state index is -3.50. The van der Waals surface area contributed by atoms with E-state index in [2.05, 4.69) is 26.6 Å². The van der Waals surface area contributed by atoms with Gasteiger partial charge in [-0.15, -0.1) is 0 Å². The summed E-state index contributed by atoms with van der Waals surface area (Å²) in [5.74, 6) is 0.692. The second-order valence-electron chi connectivity index (χ2n) is 7.13. The highest BCUT2D eigenvalue weighted by Gasteiger charge is 2.26. The largest absolute Gasteiger partial charge is 0.379 e. The molecule has 0 aliphatic carbocycles. The number of hydrogen-bond acceptors (Lipinski definition) is 6. The van der Waals surface area contributed by atoms with Gasteiger partial charge in [-0.05, 0) is 30.3 Å². The van der Waals surface area contributed by atoms with Crippen LogP contribution in [0, 0.1) is 0 Å².